The number of esters is 1. The lowest BCUT2D eigenvalue weighted by Crippen LogP contribution is -2.35. The average Bonchev–Trinajstić information content (AvgIpc) is 3.38. The number of aryl methyl sites for hydroxylation is 1. The summed E-state index contributed by atoms with van der Waals surface area (Å²) >= 11 is 0. The van der Waals surface area contributed by atoms with Crippen LogP contribution >= 0.6 is 0 Å². The van der Waals surface area contributed by atoms with Gasteiger partial charge in [0.2, 0.25) is 0 Å². The molecule has 1 aliphatic rings. The van der Waals surface area contributed by atoms with Crippen molar-refractivity contribution < 1.29 is 28.9 Å². The third kappa shape index (κ3) is 5.88. The fourth-order valence-electron chi connectivity index (χ4n) is 5.18. The second-order valence-electron chi connectivity index (χ2n) is 9.67. The Labute approximate surface area is 232 Å². The van der Waals surface area contributed by atoms with Crippen LogP contribution in [0.3, 0.4) is 0 Å². The Morgan fingerprint density at radius 1 is 1.07 bits per heavy atom. The number of pyridine rings is 1. The molecule has 0 bridgehead atoms. The topological polar surface area (TPSA) is 103 Å². The maximum atomic E-state index is 12.5. The molecule has 1 aliphatic heterocycles. The predicted octanol–water partition coefficient (Wildman–Crippen LogP) is 5.64. The van der Waals surface area contributed by atoms with Gasteiger partial charge in [0.25, 0.3) is 0 Å². The molecule has 0 spiro atoms. The van der Waals surface area contributed by atoms with Crippen LogP contribution in [0.4, 0.5) is 10.6 Å². The lowest BCUT2D eigenvalue weighted by atomic mass is 10.0. The molecular weight excluding hydrogens is 510 g/mol. The number of anilines is 1. The predicted molar refractivity (Wildman–Crippen MR) is 151 cm³/mol. The van der Waals surface area contributed by atoms with E-state index in [1.807, 2.05) is 66.9 Å². The Kier molecular flexibility index (Phi) is 8.19. The van der Waals surface area contributed by atoms with E-state index in [-0.39, 0.29) is 18.4 Å². The third-order valence-corrected chi connectivity index (χ3v) is 7.13. The standard InChI is InChI=1S/C31H33N3O6/c1-3-39-29(35)20-28(22-6-4-8-25(18-22)38-2)33-16-13-23-19-26(11-12-27(23)33)40-17-14-24-10-9-21-7-5-15-34(31(36)37)30(21)32-24/h4,6,8-13,16,18-19,28H,3,5,7,14-15,17,20H2,1-2H3,(H,36,37). The molecule has 2 aromatic carbocycles. The number of aromatic nitrogens is 2. The molecule has 2 aromatic heterocycles. The Hall–Kier alpha value is -4.53. The van der Waals surface area contributed by atoms with Gasteiger partial charge >= 0.3 is 12.1 Å². The second kappa shape index (κ2) is 12.1. The number of carbonyl (C=O) groups is 2. The Bertz CT molecular complexity index is 1510. The van der Waals surface area contributed by atoms with Crippen LogP contribution in [0.2, 0.25) is 0 Å². The van der Waals surface area contributed by atoms with Crippen molar-refractivity contribution in [2.24, 2.45) is 0 Å². The first kappa shape index (κ1) is 27.1. The zero-order chi connectivity index (χ0) is 28.1. The van der Waals surface area contributed by atoms with E-state index in [0.29, 0.717) is 32.0 Å². The molecule has 0 radical (unpaired) electrons. The largest absolute Gasteiger partial charge is 0.497 e. The number of ether oxygens (including phenoxy) is 3. The molecule has 9 nitrogen and oxygen atoms in total. The summed E-state index contributed by atoms with van der Waals surface area (Å²) in [6, 6.07) is 19.3. The molecule has 1 N–H and O–H groups in total. The molecule has 40 heavy (non-hydrogen) atoms. The number of amides is 1. The number of rotatable bonds is 10. The van der Waals surface area contributed by atoms with Gasteiger partial charge in [-0.05, 0) is 73.4 Å². The molecule has 3 heterocycles. The first-order chi connectivity index (χ1) is 19.5. The van der Waals surface area contributed by atoms with Crippen LogP contribution in [0.15, 0.2) is 66.9 Å². The van der Waals surface area contributed by atoms with Crippen molar-refractivity contribution in [2.75, 3.05) is 31.8 Å². The van der Waals surface area contributed by atoms with Crippen LogP contribution in [-0.4, -0.2) is 53.6 Å². The Morgan fingerprint density at radius 2 is 1.95 bits per heavy atom. The van der Waals surface area contributed by atoms with Crippen LogP contribution in [0.1, 0.15) is 42.6 Å². The van der Waals surface area contributed by atoms with Crippen molar-refractivity contribution in [1.29, 1.82) is 0 Å². The van der Waals surface area contributed by atoms with Crippen LogP contribution in [-0.2, 0) is 22.4 Å². The van der Waals surface area contributed by atoms with Crippen molar-refractivity contribution in [3.8, 4) is 11.5 Å². The van der Waals surface area contributed by atoms with Gasteiger partial charge in [-0.25, -0.2) is 9.78 Å². The number of hydrogen-bond acceptors (Lipinski definition) is 6. The first-order valence-electron chi connectivity index (χ1n) is 13.5. The summed E-state index contributed by atoms with van der Waals surface area (Å²) in [5.41, 5.74) is 3.67. The van der Waals surface area contributed by atoms with E-state index in [1.54, 1.807) is 14.0 Å². The number of fused-ring (bicyclic) bond motifs is 2. The number of carboxylic acid groups (broad SMARTS) is 1. The lowest BCUT2D eigenvalue weighted by Gasteiger charge is -2.26. The summed E-state index contributed by atoms with van der Waals surface area (Å²) in [6.07, 6.45) is 3.38. The van der Waals surface area contributed by atoms with Crippen molar-refractivity contribution in [3.63, 3.8) is 0 Å². The molecule has 0 fully saturated rings. The minimum Gasteiger partial charge on any atom is -0.497 e. The maximum absolute atomic E-state index is 12.5. The number of methoxy groups -OCH3 is 1. The second-order valence-corrected chi connectivity index (χ2v) is 9.67. The van der Waals surface area contributed by atoms with Gasteiger partial charge in [0.15, 0.2) is 0 Å². The maximum Gasteiger partial charge on any atom is 0.413 e. The number of carbonyl (C=O) groups excluding carboxylic acids is 1. The molecule has 1 amide bonds. The normalized spacial score (nSPS) is 13.5. The fourth-order valence-corrected chi connectivity index (χ4v) is 5.18. The van der Waals surface area contributed by atoms with Crippen LogP contribution < -0.4 is 14.4 Å². The van der Waals surface area contributed by atoms with Gasteiger partial charge in [0.05, 0.1) is 32.8 Å². The molecule has 0 aliphatic carbocycles. The van der Waals surface area contributed by atoms with Crippen LogP contribution in [0.25, 0.3) is 10.9 Å². The van der Waals surface area contributed by atoms with E-state index in [4.69, 9.17) is 14.2 Å². The molecule has 5 rings (SSSR count). The van der Waals surface area contributed by atoms with Gasteiger partial charge in [-0.15, -0.1) is 0 Å². The highest BCUT2D eigenvalue weighted by Gasteiger charge is 2.24. The van der Waals surface area contributed by atoms with E-state index in [1.165, 1.54) is 4.90 Å². The third-order valence-electron chi connectivity index (χ3n) is 7.13. The zero-order valence-corrected chi connectivity index (χ0v) is 22.7. The molecule has 1 unspecified atom stereocenters. The molecule has 0 saturated heterocycles. The lowest BCUT2D eigenvalue weighted by molar-refractivity contribution is -0.143. The summed E-state index contributed by atoms with van der Waals surface area (Å²) in [4.78, 5) is 30.0. The Morgan fingerprint density at radius 3 is 2.75 bits per heavy atom. The Balaban J connectivity index is 1.32. The van der Waals surface area contributed by atoms with Crippen molar-refractivity contribution in [2.45, 2.75) is 38.6 Å². The molecule has 208 valence electrons. The van der Waals surface area contributed by atoms with E-state index in [0.717, 1.165) is 52.1 Å². The van der Waals surface area contributed by atoms with Crippen LogP contribution in [0, 0.1) is 0 Å². The van der Waals surface area contributed by atoms with Crippen LogP contribution in [0.5, 0.6) is 11.5 Å². The smallest absolute Gasteiger partial charge is 0.413 e. The first-order valence-corrected chi connectivity index (χ1v) is 13.5. The summed E-state index contributed by atoms with van der Waals surface area (Å²) in [5.74, 6) is 1.72. The van der Waals surface area contributed by atoms with Gasteiger partial charge in [0.1, 0.15) is 17.3 Å². The van der Waals surface area contributed by atoms with Crippen molar-refractivity contribution >= 4 is 28.8 Å². The van der Waals surface area contributed by atoms with Gasteiger partial charge in [-0.1, -0.05) is 18.2 Å². The summed E-state index contributed by atoms with van der Waals surface area (Å²) < 4.78 is 18.8. The highest BCUT2D eigenvalue weighted by atomic mass is 16.5. The summed E-state index contributed by atoms with van der Waals surface area (Å²) in [6.45, 7) is 3.00. The van der Waals surface area contributed by atoms with Gasteiger partial charge < -0.3 is 23.9 Å². The molecule has 4 aromatic rings. The van der Waals surface area contributed by atoms with E-state index >= 15 is 0 Å². The quantitative estimate of drug-likeness (QED) is 0.258. The SMILES string of the molecule is CCOC(=O)CC(c1cccc(OC)c1)n1ccc2cc(OCCc3ccc4c(n3)N(C(=O)O)CCC4)ccc21. The van der Waals surface area contributed by atoms with E-state index in [9.17, 15) is 14.7 Å². The summed E-state index contributed by atoms with van der Waals surface area (Å²) in [5, 5.41) is 10.5. The van der Waals surface area contributed by atoms with E-state index < -0.39 is 6.09 Å². The minimum absolute atomic E-state index is 0.191. The van der Waals surface area contributed by atoms with Gasteiger partial charge in [0, 0.05) is 35.8 Å². The fraction of sp³-hybridized carbons (Fsp3) is 0.323. The van der Waals surface area contributed by atoms with E-state index in [2.05, 4.69) is 9.55 Å². The van der Waals surface area contributed by atoms with Gasteiger partial charge in [-0.2, -0.15) is 0 Å². The number of nitrogens with zero attached hydrogens (tertiary/aromatic N) is 3. The molecule has 9 heteroatoms. The molecular formula is C31H33N3O6. The zero-order valence-electron chi connectivity index (χ0n) is 22.7. The number of hydrogen-bond donors (Lipinski definition) is 1. The summed E-state index contributed by atoms with van der Waals surface area (Å²) in [7, 11) is 1.62. The average molecular weight is 544 g/mol. The number of benzene rings is 2. The molecule has 1 atom stereocenters. The minimum atomic E-state index is -0.974. The highest BCUT2D eigenvalue weighted by Crippen LogP contribution is 2.32. The van der Waals surface area contributed by atoms with Gasteiger partial charge in [-0.3, -0.25) is 9.69 Å². The molecule has 0 saturated carbocycles. The van der Waals surface area contributed by atoms with Crippen molar-refractivity contribution in [3.05, 3.63) is 83.7 Å². The highest BCUT2D eigenvalue weighted by molar-refractivity contribution is 5.86. The monoisotopic (exact) mass is 543 g/mol. The van der Waals surface area contributed by atoms with Crippen molar-refractivity contribution in [1.82, 2.24) is 9.55 Å².